The van der Waals surface area contributed by atoms with Crippen LogP contribution in [0.2, 0.25) is 0 Å². The number of likely N-dealkylation sites (tertiary alicyclic amines) is 1. The molecule has 116 valence electrons. The van der Waals surface area contributed by atoms with Crippen LogP contribution in [0.5, 0.6) is 0 Å². The van der Waals surface area contributed by atoms with E-state index in [0.717, 1.165) is 25.8 Å². The number of benzene rings is 1. The Morgan fingerprint density at radius 2 is 2.14 bits per heavy atom. The van der Waals surface area contributed by atoms with Crippen molar-refractivity contribution in [3.8, 4) is 0 Å². The second-order valence-corrected chi connectivity index (χ2v) is 5.89. The average molecular weight is 290 g/mol. The summed E-state index contributed by atoms with van der Waals surface area (Å²) in [6.45, 7) is 4.32. The molecule has 2 atom stereocenters. The molecule has 1 amide bonds. The Balaban J connectivity index is 1.71. The predicted molar refractivity (Wildman–Crippen MR) is 83.9 cm³/mol. The number of ether oxygens (including phenoxy) is 1. The molecule has 4 heteroatoms. The summed E-state index contributed by atoms with van der Waals surface area (Å²) in [5, 5.41) is 0. The first-order valence-corrected chi connectivity index (χ1v) is 7.82. The van der Waals surface area contributed by atoms with Crippen LogP contribution in [0.1, 0.15) is 25.3 Å². The minimum atomic E-state index is 0.0745. The Morgan fingerprint density at radius 1 is 1.38 bits per heavy atom. The van der Waals surface area contributed by atoms with Crippen LogP contribution in [0.3, 0.4) is 0 Å². The highest BCUT2D eigenvalue weighted by Crippen LogP contribution is 2.21. The molecule has 0 bridgehead atoms. The van der Waals surface area contributed by atoms with Gasteiger partial charge in [-0.3, -0.25) is 4.79 Å². The summed E-state index contributed by atoms with van der Waals surface area (Å²) < 4.78 is 5.54. The Kier molecular flexibility index (Phi) is 6.21. The summed E-state index contributed by atoms with van der Waals surface area (Å²) in [7, 11) is 0. The molecule has 2 rings (SSSR count). The maximum Gasteiger partial charge on any atom is 0.248 e. The molecule has 0 aliphatic carbocycles. The van der Waals surface area contributed by atoms with Crippen LogP contribution in [0.25, 0.3) is 0 Å². The van der Waals surface area contributed by atoms with Gasteiger partial charge in [0, 0.05) is 19.1 Å². The second-order valence-electron chi connectivity index (χ2n) is 5.89. The van der Waals surface area contributed by atoms with E-state index in [1.807, 2.05) is 23.1 Å². The van der Waals surface area contributed by atoms with E-state index in [1.54, 1.807) is 0 Å². The molecule has 1 fully saturated rings. The summed E-state index contributed by atoms with van der Waals surface area (Å²) in [6, 6.07) is 10.4. The molecule has 1 saturated heterocycles. The first-order chi connectivity index (χ1) is 10.2. The third kappa shape index (κ3) is 4.83. The molecular weight excluding hydrogens is 264 g/mol. The average Bonchev–Trinajstić information content (AvgIpc) is 2.52. The van der Waals surface area contributed by atoms with Gasteiger partial charge in [0.1, 0.15) is 6.61 Å². The molecule has 1 aliphatic heterocycles. The van der Waals surface area contributed by atoms with Gasteiger partial charge < -0.3 is 15.4 Å². The monoisotopic (exact) mass is 290 g/mol. The van der Waals surface area contributed by atoms with Crippen LogP contribution in [0, 0.1) is 5.92 Å². The zero-order valence-corrected chi connectivity index (χ0v) is 12.8. The van der Waals surface area contributed by atoms with Crippen molar-refractivity contribution in [3.63, 3.8) is 0 Å². The second kappa shape index (κ2) is 8.15. The molecule has 1 aromatic carbocycles. The van der Waals surface area contributed by atoms with Crippen LogP contribution < -0.4 is 5.73 Å². The van der Waals surface area contributed by atoms with Crippen molar-refractivity contribution in [2.24, 2.45) is 11.7 Å². The van der Waals surface area contributed by atoms with E-state index in [9.17, 15) is 4.79 Å². The molecule has 0 aromatic heterocycles. The molecule has 1 aromatic rings. The van der Waals surface area contributed by atoms with Gasteiger partial charge >= 0.3 is 0 Å². The highest BCUT2D eigenvalue weighted by atomic mass is 16.5. The largest absolute Gasteiger partial charge is 0.371 e. The van der Waals surface area contributed by atoms with Gasteiger partial charge in [-0.25, -0.2) is 0 Å². The van der Waals surface area contributed by atoms with E-state index in [0.29, 0.717) is 19.1 Å². The molecule has 0 saturated carbocycles. The van der Waals surface area contributed by atoms with Crippen LogP contribution in [0.15, 0.2) is 30.3 Å². The molecule has 0 radical (unpaired) electrons. The zero-order chi connectivity index (χ0) is 15.1. The fourth-order valence-electron chi connectivity index (χ4n) is 2.88. The summed E-state index contributed by atoms with van der Waals surface area (Å²) >= 11 is 0. The van der Waals surface area contributed by atoms with Crippen molar-refractivity contribution < 1.29 is 9.53 Å². The number of piperidine rings is 1. The van der Waals surface area contributed by atoms with Gasteiger partial charge in [0.05, 0.1) is 6.61 Å². The van der Waals surface area contributed by atoms with Gasteiger partial charge in [-0.05, 0) is 30.7 Å². The van der Waals surface area contributed by atoms with E-state index >= 15 is 0 Å². The highest BCUT2D eigenvalue weighted by molar-refractivity contribution is 5.78. The van der Waals surface area contributed by atoms with E-state index in [4.69, 9.17) is 10.5 Å². The summed E-state index contributed by atoms with van der Waals surface area (Å²) in [4.78, 5) is 14.1. The molecule has 0 spiro atoms. The van der Waals surface area contributed by atoms with E-state index in [1.165, 1.54) is 5.56 Å². The van der Waals surface area contributed by atoms with Crippen molar-refractivity contribution in [2.75, 3.05) is 26.3 Å². The van der Waals surface area contributed by atoms with Gasteiger partial charge in [0.2, 0.25) is 5.91 Å². The number of hydrogen-bond donors (Lipinski definition) is 1. The number of rotatable bonds is 6. The van der Waals surface area contributed by atoms with Crippen molar-refractivity contribution >= 4 is 5.91 Å². The molecule has 1 heterocycles. The standard InChI is InChI=1S/C17H26N2O2/c1-14-7-9-19(16(11-14)12-18)17(20)13-21-10-8-15-5-3-2-4-6-15/h2-6,14,16H,7-13,18H2,1H3. The maximum absolute atomic E-state index is 12.2. The normalized spacial score (nSPS) is 22.3. The Labute approximate surface area is 127 Å². The van der Waals surface area contributed by atoms with E-state index < -0.39 is 0 Å². The predicted octanol–water partition coefficient (Wildman–Crippen LogP) is 1.83. The lowest BCUT2D eigenvalue weighted by Gasteiger charge is -2.37. The van der Waals surface area contributed by atoms with Crippen molar-refractivity contribution in [2.45, 2.75) is 32.2 Å². The number of carbonyl (C=O) groups excluding carboxylic acids is 1. The fraction of sp³-hybridized carbons (Fsp3) is 0.588. The van der Waals surface area contributed by atoms with Gasteiger partial charge in [-0.2, -0.15) is 0 Å². The van der Waals surface area contributed by atoms with E-state index in [-0.39, 0.29) is 18.6 Å². The van der Waals surface area contributed by atoms with Crippen molar-refractivity contribution in [3.05, 3.63) is 35.9 Å². The number of nitrogens with two attached hydrogens (primary N) is 1. The molecule has 21 heavy (non-hydrogen) atoms. The number of hydrogen-bond acceptors (Lipinski definition) is 3. The summed E-state index contributed by atoms with van der Waals surface area (Å²) in [5.41, 5.74) is 7.02. The highest BCUT2D eigenvalue weighted by Gasteiger charge is 2.28. The lowest BCUT2D eigenvalue weighted by Crippen LogP contribution is -2.50. The van der Waals surface area contributed by atoms with Crippen LogP contribution >= 0.6 is 0 Å². The Morgan fingerprint density at radius 3 is 2.86 bits per heavy atom. The smallest absolute Gasteiger partial charge is 0.248 e. The van der Waals surface area contributed by atoms with Gasteiger partial charge in [-0.1, -0.05) is 37.3 Å². The van der Waals surface area contributed by atoms with E-state index in [2.05, 4.69) is 19.1 Å². The number of nitrogens with zero attached hydrogens (tertiary/aromatic N) is 1. The maximum atomic E-state index is 12.2. The molecule has 2 N–H and O–H groups in total. The lowest BCUT2D eigenvalue weighted by atomic mass is 9.92. The topological polar surface area (TPSA) is 55.6 Å². The summed E-state index contributed by atoms with van der Waals surface area (Å²) in [5.74, 6) is 0.729. The molecular formula is C17H26N2O2. The van der Waals surface area contributed by atoms with Crippen molar-refractivity contribution in [1.82, 2.24) is 4.90 Å². The number of carbonyl (C=O) groups is 1. The first-order valence-electron chi connectivity index (χ1n) is 7.82. The molecule has 1 aliphatic rings. The van der Waals surface area contributed by atoms with Gasteiger partial charge in [0.15, 0.2) is 0 Å². The lowest BCUT2D eigenvalue weighted by molar-refractivity contribution is -0.140. The van der Waals surface area contributed by atoms with Gasteiger partial charge in [-0.15, -0.1) is 0 Å². The van der Waals surface area contributed by atoms with Gasteiger partial charge in [0.25, 0.3) is 0 Å². The SMILES string of the molecule is CC1CCN(C(=O)COCCc2ccccc2)C(CN)C1. The third-order valence-corrected chi connectivity index (χ3v) is 4.17. The van der Waals surface area contributed by atoms with Crippen molar-refractivity contribution in [1.29, 1.82) is 0 Å². The van der Waals surface area contributed by atoms with Crippen LogP contribution in [0.4, 0.5) is 0 Å². The Hall–Kier alpha value is -1.39. The summed E-state index contributed by atoms with van der Waals surface area (Å²) in [6.07, 6.45) is 2.91. The first kappa shape index (κ1) is 16.0. The third-order valence-electron chi connectivity index (χ3n) is 4.17. The minimum Gasteiger partial charge on any atom is -0.371 e. The molecule has 4 nitrogen and oxygen atoms in total. The minimum absolute atomic E-state index is 0.0745. The number of amides is 1. The quantitative estimate of drug-likeness (QED) is 0.813. The zero-order valence-electron chi connectivity index (χ0n) is 12.8. The Bertz CT molecular complexity index is 436. The van der Waals surface area contributed by atoms with Crippen LogP contribution in [-0.4, -0.2) is 43.2 Å². The molecule has 2 unspecified atom stereocenters. The van der Waals surface area contributed by atoms with Crippen LogP contribution in [-0.2, 0) is 16.0 Å². The fourth-order valence-corrected chi connectivity index (χ4v) is 2.88.